The number of hydrogen-bond acceptors (Lipinski definition) is 9. The topological polar surface area (TPSA) is 130 Å². The average molecular weight is 486 g/mol. The van der Waals surface area contributed by atoms with E-state index in [0.717, 1.165) is 0 Å². The molecule has 0 aliphatic carbocycles. The zero-order valence-electron chi connectivity index (χ0n) is 19.4. The molecule has 0 N–H and O–H groups in total. The fourth-order valence-corrected chi connectivity index (χ4v) is 3.46. The highest BCUT2D eigenvalue weighted by molar-refractivity contribution is 6.06. The van der Waals surface area contributed by atoms with E-state index in [9.17, 15) is 28.8 Å². The number of fused-ring (bicyclic) bond motifs is 3. The zero-order chi connectivity index (χ0) is 26.1. The number of esters is 3. The van der Waals surface area contributed by atoms with Gasteiger partial charge in [0.15, 0.2) is 17.3 Å². The molecular formula is C27H18O9. The fraction of sp³-hybridized carbons (Fsp3) is 0.111. The van der Waals surface area contributed by atoms with Crippen LogP contribution < -0.4 is 14.2 Å². The average Bonchev–Trinajstić information content (AvgIpc) is 2.83. The van der Waals surface area contributed by atoms with Crippen molar-refractivity contribution in [2.75, 3.05) is 0 Å². The number of ether oxygens (including phenoxy) is 3. The quantitative estimate of drug-likeness (QED) is 0.303. The summed E-state index contributed by atoms with van der Waals surface area (Å²) in [5.41, 5.74) is -0.304. The summed E-state index contributed by atoms with van der Waals surface area (Å²) in [4.78, 5) is 75.0. The first-order valence-electron chi connectivity index (χ1n) is 10.7. The molecule has 0 atom stereocenters. The molecular weight excluding hydrogens is 468 g/mol. The predicted molar refractivity (Wildman–Crippen MR) is 124 cm³/mol. The van der Waals surface area contributed by atoms with E-state index in [1.54, 1.807) is 0 Å². The van der Waals surface area contributed by atoms with E-state index in [4.69, 9.17) is 14.2 Å². The smallest absolute Gasteiger partial charge is 0.347 e. The molecule has 9 nitrogen and oxygen atoms in total. The Hall–Kier alpha value is -4.92. The lowest BCUT2D eigenvalue weighted by Crippen LogP contribution is -2.21. The summed E-state index contributed by atoms with van der Waals surface area (Å²) >= 11 is 0. The van der Waals surface area contributed by atoms with Crippen LogP contribution >= 0.6 is 0 Å². The van der Waals surface area contributed by atoms with Gasteiger partial charge >= 0.3 is 17.9 Å². The van der Waals surface area contributed by atoms with Gasteiger partial charge < -0.3 is 14.2 Å². The molecule has 1 heterocycles. The van der Waals surface area contributed by atoms with Gasteiger partial charge in [0.1, 0.15) is 33.9 Å². The van der Waals surface area contributed by atoms with E-state index in [2.05, 4.69) is 0 Å². The minimum Gasteiger partial charge on any atom is -0.422 e. The molecule has 0 saturated carbocycles. The van der Waals surface area contributed by atoms with E-state index in [1.165, 1.54) is 75.4 Å². The van der Waals surface area contributed by atoms with E-state index in [0.29, 0.717) is 0 Å². The van der Waals surface area contributed by atoms with Crippen LogP contribution in [0.4, 0.5) is 0 Å². The highest BCUT2D eigenvalue weighted by Crippen LogP contribution is 2.31. The summed E-state index contributed by atoms with van der Waals surface area (Å²) in [5.74, 6) is -4.79. The van der Waals surface area contributed by atoms with Crippen LogP contribution in [0, 0.1) is 0 Å². The first kappa shape index (κ1) is 24.2. The number of ketones is 3. The highest BCUT2D eigenvalue weighted by atomic mass is 16.6. The molecule has 4 rings (SSSR count). The largest absolute Gasteiger partial charge is 0.422 e. The Balaban J connectivity index is 1.97. The second-order valence-corrected chi connectivity index (χ2v) is 7.97. The molecule has 0 radical (unpaired) electrons. The summed E-state index contributed by atoms with van der Waals surface area (Å²) in [7, 11) is 0. The maximum absolute atomic E-state index is 13.1. The van der Waals surface area contributed by atoms with Gasteiger partial charge in [0.2, 0.25) is 0 Å². The molecule has 180 valence electrons. The van der Waals surface area contributed by atoms with Gasteiger partial charge in [0.05, 0.1) is 0 Å². The summed E-state index contributed by atoms with van der Waals surface area (Å²) in [6, 6.07) is 11.5. The Labute approximate surface area is 204 Å². The van der Waals surface area contributed by atoms with Gasteiger partial charge in [0, 0.05) is 16.7 Å². The molecule has 0 amide bonds. The van der Waals surface area contributed by atoms with Gasteiger partial charge in [-0.3, -0.25) is 14.4 Å². The van der Waals surface area contributed by atoms with Crippen molar-refractivity contribution >= 4 is 35.3 Å². The van der Waals surface area contributed by atoms with Crippen LogP contribution in [0.3, 0.4) is 0 Å². The Morgan fingerprint density at radius 2 is 0.722 bits per heavy atom. The Kier molecular flexibility index (Phi) is 6.31. The van der Waals surface area contributed by atoms with Gasteiger partial charge in [-0.1, -0.05) is 0 Å². The summed E-state index contributed by atoms with van der Waals surface area (Å²) in [5, 5.41) is 0. The van der Waals surface area contributed by atoms with Gasteiger partial charge in [-0.05, 0) is 75.4 Å². The Morgan fingerprint density at radius 3 is 0.944 bits per heavy atom. The minimum atomic E-state index is -1.02. The van der Waals surface area contributed by atoms with E-state index < -0.39 is 17.9 Å². The van der Waals surface area contributed by atoms with Crippen molar-refractivity contribution < 1.29 is 43.0 Å². The van der Waals surface area contributed by atoms with Crippen molar-refractivity contribution in [3.05, 3.63) is 88.0 Å². The first-order valence-corrected chi connectivity index (χ1v) is 10.7. The molecule has 36 heavy (non-hydrogen) atoms. The van der Waals surface area contributed by atoms with Crippen LogP contribution in [0.15, 0.2) is 54.6 Å². The summed E-state index contributed by atoms with van der Waals surface area (Å²) in [6.45, 7) is 3.88. The lowest BCUT2D eigenvalue weighted by atomic mass is 10.0. The highest BCUT2D eigenvalue weighted by Gasteiger charge is 2.27. The maximum Gasteiger partial charge on any atom is 0.347 e. The van der Waals surface area contributed by atoms with Crippen LogP contribution in [0.1, 0.15) is 82.9 Å². The van der Waals surface area contributed by atoms with Crippen molar-refractivity contribution in [1.82, 2.24) is 0 Å². The molecule has 0 spiro atoms. The Bertz CT molecular complexity index is 1320. The predicted octanol–water partition coefficient (Wildman–Crippen LogP) is 4.27. The third kappa shape index (κ3) is 4.67. The second-order valence-electron chi connectivity index (χ2n) is 7.97. The number of Topliss-reactive ketones (excluding diaryl/α,β-unsaturated/α-hetero) is 3. The molecule has 0 bridgehead atoms. The monoisotopic (exact) mass is 486 g/mol. The van der Waals surface area contributed by atoms with Gasteiger partial charge in [-0.15, -0.1) is 0 Å². The molecule has 0 unspecified atom stereocenters. The normalized spacial score (nSPS) is 12.9. The maximum atomic E-state index is 13.1. The number of rotatable bonds is 3. The van der Waals surface area contributed by atoms with Crippen molar-refractivity contribution in [1.29, 1.82) is 0 Å². The van der Waals surface area contributed by atoms with Crippen molar-refractivity contribution in [2.45, 2.75) is 20.8 Å². The molecule has 0 aromatic heterocycles. The number of hydrogen-bond donors (Lipinski definition) is 0. The number of carbonyl (C=O) groups excluding carboxylic acids is 6. The van der Waals surface area contributed by atoms with E-state index in [1.807, 2.05) is 0 Å². The summed E-state index contributed by atoms with van der Waals surface area (Å²) < 4.78 is 16.2. The van der Waals surface area contributed by atoms with E-state index >= 15 is 0 Å². The Morgan fingerprint density at radius 1 is 0.472 bits per heavy atom. The molecule has 0 fully saturated rings. The van der Waals surface area contributed by atoms with Crippen LogP contribution in [-0.2, 0) is 0 Å². The molecule has 9 heteroatoms. The SMILES string of the molecule is CC(=O)c1ccc2c(c1)C(=O)Oc1ccc(C(C)=O)cc1C(=O)Oc1ccc(C(C)=O)cc1C(=O)O2. The van der Waals surface area contributed by atoms with Crippen LogP contribution in [-0.4, -0.2) is 35.3 Å². The lowest BCUT2D eigenvalue weighted by Gasteiger charge is -2.17. The minimum absolute atomic E-state index is 0.152. The molecule has 3 aromatic carbocycles. The van der Waals surface area contributed by atoms with Crippen molar-refractivity contribution in [3.8, 4) is 17.2 Å². The van der Waals surface area contributed by atoms with Crippen molar-refractivity contribution in [3.63, 3.8) is 0 Å². The molecule has 1 aliphatic heterocycles. The molecule has 1 aliphatic rings. The van der Waals surface area contributed by atoms with Crippen molar-refractivity contribution in [2.24, 2.45) is 0 Å². The first-order chi connectivity index (χ1) is 17.0. The summed E-state index contributed by atoms with van der Waals surface area (Å²) in [6.07, 6.45) is 0. The standard InChI is InChI=1S/C27H18O9/c1-13(28)16-4-7-22-19(10-16)25(31)35-23-8-5-17(14(2)29)11-20(23)27(33)36-24-9-6-18(15(3)30)12-21(24)26(32)34-22/h4-12H,1-3H3. The number of carbonyl (C=O) groups is 6. The second kappa shape index (κ2) is 9.38. The molecule has 0 saturated heterocycles. The fourth-order valence-electron chi connectivity index (χ4n) is 3.46. The van der Waals surface area contributed by atoms with Crippen LogP contribution in [0.2, 0.25) is 0 Å². The lowest BCUT2D eigenvalue weighted by molar-refractivity contribution is 0.0677. The zero-order valence-corrected chi connectivity index (χ0v) is 19.4. The van der Waals surface area contributed by atoms with Gasteiger partial charge in [-0.25, -0.2) is 14.4 Å². The van der Waals surface area contributed by atoms with Gasteiger partial charge in [0.25, 0.3) is 0 Å². The molecule has 3 aromatic rings. The third-order valence-corrected chi connectivity index (χ3v) is 5.43. The van der Waals surface area contributed by atoms with Gasteiger partial charge in [-0.2, -0.15) is 0 Å². The van der Waals surface area contributed by atoms with Crippen LogP contribution in [0.5, 0.6) is 17.2 Å². The van der Waals surface area contributed by atoms with E-state index in [-0.39, 0.29) is 68.0 Å². The number of benzene rings is 3. The third-order valence-electron chi connectivity index (χ3n) is 5.43. The van der Waals surface area contributed by atoms with Crippen LogP contribution in [0.25, 0.3) is 0 Å².